The van der Waals surface area contributed by atoms with Gasteiger partial charge in [-0.25, -0.2) is 0 Å². The third-order valence-electron chi connectivity index (χ3n) is 2.85. The first-order valence-electron chi connectivity index (χ1n) is 5.21. The quantitative estimate of drug-likeness (QED) is 0.265. The van der Waals surface area contributed by atoms with Crippen LogP contribution >= 0.6 is 0 Å². The van der Waals surface area contributed by atoms with E-state index in [0.29, 0.717) is 0 Å². The van der Waals surface area contributed by atoms with Crippen LogP contribution in [0, 0.1) is 0 Å². The van der Waals surface area contributed by atoms with E-state index in [-0.39, 0.29) is 5.48 Å². The van der Waals surface area contributed by atoms with Crippen LogP contribution in [-0.4, -0.2) is 97.2 Å². The Morgan fingerprint density at radius 3 is 1.94 bits per heavy atom. The molecule has 0 aliphatic carbocycles. The Balaban J connectivity index is 0.00000289. The van der Waals surface area contributed by atoms with E-state index in [4.69, 9.17) is 14.9 Å². The molecule has 1 aliphatic heterocycles. The molecule has 0 aromatic rings. The van der Waals surface area contributed by atoms with Gasteiger partial charge in [-0.05, 0) is 0 Å². The van der Waals surface area contributed by atoms with E-state index in [2.05, 4.69) is 0 Å². The van der Waals surface area contributed by atoms with E-state index in [9.17, 15) is 25.5 Å². The summed E-state index contributed by atoms with van der Waals surface area (Å²) in [4.78, 5) is 0. The van der Waals surface area contributed by atoms with Crippen molar-refractivity contribution in [3.63, 3.8) is 0 Å². The highest BCUT2D eigenvalue weighted by Gasteiger charge is 2.47. The first-order valence-corrected chi connectivity index (χ1v) is 5.21. The first kappa shape index (κ1) is 17.6. The molecule has 1 saturated heterocycles. The van der Waals surface area contributed by atoms with Crippen LogP contribution in [0.25, 0.3) is 0 Å². The molecule has 1 heterocycles. The largest absolute Gasteiger partial charge is 0.412 e. The SMILES string of the molecule is O.OCC(O)C(O)C1O[C@H](CO)[C@@H](O)[C@H](O)[C@H]1O. The summed E-state index contributed by atoms with van der Waals surface area (Å²) in [6, 6.07) is 0. The molecule has 0 bridgehead atoms. The molecule has 1 aliphatic rings. The van der Waals surface area contributed by atoms with Crippen LogP contribution < -0.4 is 0 Å². The molecule has 110 valence electrons. The number of aliphatic hydroxyl groups is 7. The minimum absolute atomic E-state index is 0. The number of aliphatic hydroxyl groups excluding tert-OH is 7. The Hall–Kier alpha value is -0.360. The van der Waals surface area contributed by atoms with E-state index in [1.807, 2.05) is 0 Å². The second-order valence-corrected chi connectivity index (χ2v) is 4.03. The zero-order chi connectivity index (χ0) is 13.2. The van der Waals surface area contributed by atoms with Crippen molar-refractivity contribution in [1.82, 2.24) is 0 Å². The zero-order valence-corrected chi connectivity index (χ0v) is 9.49. The average molecular weight is 272 g/mol. The lowest BCUT2D eigenvalue weighted by Crippen LogP contribution is -2.63. The van der Waals surface area contributed by atoms with Crippen LogP contribution in [0.4, 0.5) is 0 Å². The fraction of sp³-hybridized carbons (Fsp3) is 1.00. The summed E-state index contributed by atoms with van der Waals surface area (Å²) in [7, 11) is 0. The van der Waals surface area contributed by atoms with Crippen LogP contribution in [0.2, 0.25) is 0 Å². The van der Waals surface area contributed by atoms with Gasteiger partial charge in [-0.2, -0.15) is 0 Å². The molecular formula is C9H20O9. The third-order valence-corrected chi connectivity index (χ3v) is 2.85. The van der Waals surface area contributed by atoms with Crippen LogP contribution in [0.15, 0.2) is 0 Å². The second kappa shape index (κ2) is 7.28. The Bertz CT molecular complexity index is 232. The van der Waals surface area contributed by atoms with E-state index in [0.717, 1.165) is 0 Å². The Morgan fingerprint density at radius 1 is 0.944 bits per heavy atom. The molecule has 0 aromatic heterocycles. The molecule has 9 N–H and O–H groups in total. The lowest BCUT2D eigenvalue weighted by atomic mass is 9.91. The van der Waals surface area contributed by atoms with Gasteiger partial charge in [0, 0.05) is 0 Å². The maximum absolute atomic E-state index is 9.57. The van der Waals surface area contributed by atoms with E-state index >= 15 is 0 Å². The molecule has 3 unspecified atom stereocenters. The van der Waals surface area contributed by atoms with Crippen LogP contribution in [0.3, 0.4) is 0 Å². The highest BCUT2D eigenvalue weighted by molar-refractivity contribution is 4.96. The zero-order valence-electron chi connectivity index (χ0n) is 9.49. The fourth-order valence-corrected chi connectivity index (χ4v) is 1.74. The Morgan fingerprint density at radius 2 is 1.50 bits per heavy atom. The first-order chi connectivity index (χ1) is 7.93. The molecule has 9 nitrogen and oxygen atoms in total. The van der Waals surface area contributed by atoms with Gasteiger partial charge < -0.3 is 46.0 Å². The molecule has 9 heteroatoms. The predicted molar refractivity (Wildman–Crippen MR) is 56.5 cm³/mol. The summed E-state index contributed by atoms with van der Waals surface area (Å²) in [5.74, 6) is 0. The summed E-state index contributed by atoms with van der Waals surface area (Å²) in [5.41, 5.74) is 0. The van der Waals surface area contributed by atoms with Crippen LogP contribution in [0.5, 0.6) is 0 Å². The van der Waals surface area contributed by atoms with Crippen molar-refractivity contribution >= 4 is 0 Å². The predicted octanol–water partition coefficient (Wildman–Crippen LogP) is -5.28. The van der Waals surface area contributed by atoms with E-state index < -0.39 is 55.9 Å². The molecule has 0 spiro atoms. The molecular weight excluding hydrogens is 252 g/mol. The van der Waals surface area contributed by atoms with Gasteiger partial charge in [-0.3, -0.25) is 0 Å². The van der Waals surface area contributed by atoms with Crippen molar-refractivity contribution in [2.75, 3.05) is 13.2 Å². The van der Waals surface area contributed by atoms with Gasteiger partial charge in [0.15, 0.2) is 0 Å². The smallest absolute Gasteiger partial charge is 0.115 e. The second-order valence-electron chi connectivity index (χ2n) is 4.03. The van der Waals surface area contributed by atoms with Gasteiger partial charge in [0.2, 0.25) is 0 Å². The molecule has 1 fully saturated rings. The average Bonchev–Trinajstić information content (AvgIpc) is 2.34. The van der Waals surface area contributed by atoms with Crippen molar-refractivity contribution in [1.29, 1.82) is 0 Å². The van der Waals surface area contributed by atoms with Gasteiger partial charge in [0.1, 0.15) is 42.7 Å². The van der Waals surface area contributed by atoms with Crippen molar-refractivity contribution in [3.05, 3.63) is 0 Å². The lowest BCUT2D eigenvalue weighted by Gasteiger charge is -2.42. The van der Waals surface area contributed by atoms with Gasteiger partial charge >= 0.3 is 0 Å². The molecule has 0 amide bonds. The topological polar surface area (TPSA) is 182 Å². The van der Waals surface area contributed by atoms with Crippen LogP contribution in [0.1, 0.15) is 0 Å². The third kappa shape index (κ3) is 3.35. The maximum atomic E-state index is 9.57. The summed E-state index contributed by atoms with van der Waals surface area (Å²) < 4.78 is 4.98. The molecule has 0 radical (unpaired) electrons. The van der Waals surface area contributed by atoms with Crippen molar-refractivity contribution in [3.8, 4) is 0 Å². The monoisotopic (exact) mass is 272 g/mol. The van der Waals surface area contributed by atoms with Gasteiger partial charge in [0.25, 0.3) is 0 Å². The highest BCUT2D eigenvalue weighted by atomic mass is 16.6. The van der Waals surface area contributed by atoms with Gasteiger partial charge in [-0.1, -0.05) is 0 Å². The molecule has 0 aromatic carbocycles. The number of hydrogen-bond donors (Lipinski definition) is 7. The standard InChI is InChI=1S/C9H18O8.H2O/c10-1-3(12)5(13)9-8(16)7(15)6(14)4(2-11)17-9;/h3-16H,1-2H2;1H2/t3?,4-,5?,6-,7+,8-,9?;/m1./s1. The van der Waals surface area contributed by atoms with Crippen molar-refractivity contribution in [2.45, 2.75) is 42.7 Å². The maximum Gasteiger partial charge on any atom is 0.115 e. The summed E-state index contributed by atoms with van der Waals surface area (Å²) in [6.07, 6.45) is -10.5. The van der Waals surface area contributed by atoms with E-state index in [1.165, 1.54) is 0 Å². The molecule has 0 saturated carbocycles. The molecule has 18 heavy (non-hydrogen) atoms. The minimum atomic E-state index is -1.65. The summed E-state index contributed by atoms with van der Waals surface area (Å²) >= 11 is 0. The normalized spacial score (nSPS) is 39.8. The number of rotatable bonds is 4. The molecule has 1 rings (SSSR count). The Labute approximate surface area is 103 Å². The van der Waals surface area contributed by atoms with Gasteiger partial charge in [0.05, 0.1) is 13.2 Å². The van der Waals surface area contributed by atoms with Crippen LogP contribution in [-0.2, 0) is 4.74 Å². The fourth-order valence-electron chi connectivity index (χ4n) is 1.74. The minimum Gasteiger partial charge on any atom is -0.412 e. The summed E-state index contributed by atoms with van der Waals surface area (Å²) in [6.45, 7) is -1.38. The highest BCUT2D eigenvalue weighted by Crippen LogP contribution is 2.24. The Kier molecular flexibility index (Phi) is 7.14. The van der Waals surface area contributed by atoms with Crippen molar-refractivity contribution < 1.29 is 46.0 Å². The van der Waals surface area contributed by atoms with Gasteiger partial charge in [-0.15, -0.1) is 0 Å². The number of ether oxygens (including phenoxy) is 1. The number of hydrogen-bond acceptors (Lipinski definition) is 8. The van der Waals surface area contributed by atoms with E-state index in [1.54, 1.807) is 0 Å². The lowest BCUT2D eigenvalue weighted by molar-refractivity contribution is -0.258. The molecule has 7 atom stereocenters. The van der Waals surface area contributed by atoms with Crippen molar-refractivity contribution in [2.24, 2.45) is 0 Å². The summed E-state index contributed by atoms with van der Waals surface area (Å²) in [5, 5.41) is 64.8.